The maximum Gasteiger partial charge on any atom is 0.329 e. The van der Waals surface area contributed by atoms with Gasteiger partial charge in [0.1, 0.15) is 11.8 Å². The second-order valence-electron chi connectivity index (χ2n) is 6.93. The van der Waals surface area contributed by atoms with Crippen LogP contribution < -0.4 is 0 Å². The van der Waals surface area contributed by atoms with Gasteiger partial charge in [0.05, 0.1) is 24.8 Å². The van der Waals surface area contributed by atoms with Crippen molar-refractivity contribution >= 4 is 17.8 Å². The third-order valence-electron chi connectivity index (χ3n) is 4.65. The lowest BCUT2D eigenvalue weighted by Crippen LogP contribution is -2.45. The minimum Gasteiger partial charge on any atom is -0.467 e. The largest absolute Gasteiger partial charge is 0.467 e. The van der Waals surface area contributed by atoms with E-state index >= 15 is 0 Å². The highest BCUT2D eigenvalue weighted by atomic mass is 16.5. The Bertz CT molecular complexity index is 640. The number of nitrogens with zero attached hydrogens (tertiary/aromatic N) is 2. The summed E-state index contributed by atoms with van der Waals surface area (Å²) in [6.07, 6.45) is 2.94. The number of hydrogen-bond acceptors (Lipinski definition) is 5. The summed E-state index contributed by atoms with van der Waals surface area (Å²) >= 11 is 0. The molecule has 2 aliphatic rings. The van der Waals surface area contributed by atoms with Crippen molar-refractivity contribution in [3.63, 3.8) is 0 Å². The first-order valence-corrected chi connectivity index (χ1v) is 8.77. The molecule has 2 saturated heterocycles. The molecule has 3 rings (SSSR count). The van der Waals surface area contributed by atoms with Crippen molar-refractivity contribution in [1.82, 2.24) is 9.80 Å². The van der Waals surface area contributed by atoms with Gasteiger partial charge in [-0.15, -0.1) is 0 Å². The normalized spacial score (nSPS) is 23.6. The van der Waals surface area contributed by atoms with Crippen LogP contribution >= 0.6 is 0 Å². The summed E-state index contributed by atoms with van der Waals surface area (Å²) in [6, 6.07) is 3.05. The molecule has 0 spiro atoms. The molecule has 0 N–H and O–H groups in total. The lowest BCUT2D eigenvalue weighted by Gasteiger charge is -2.26. The molecule has 0 aromatic carbocycles. The van der Waals surface area contributed by atoms with Gasteiger partial charge in [0.2, 0.25) is 11.8 Å². The van der Waals surface area contributed by atoms with E-state index in [0.717, 1.165) is 6.42 Å². The van der Waals surface area contributed by atoms with Gasteiger partial charge in [-0.05, 0) is 38.8 Å². The van der Waals surface area contributed by atoms with Crippen molar-refractivity contribution < 1.29 is 23.5 Å². The molecule has 2 aliphatic heterocycles. The van der Waals surface area contributed by atoms with E-state index in [-0.39, 0.29) is 30.3 Å². The SMILES string of the molecule is CC(C)OC(=O)[C@@H]1CCCN1C(=O)[C@H]1CC(=O)N(Cc2ccco2)C1. The van der Waals surface area contributed by atoms with Crippen LogP contribution in [0.5, 0.6) is 0 Å². The third-order valence-corrected chi connectivity index (χ3v) is 4.65. The average molecular weight is 348 g/mol. The third kappa shape index (κ3) is 3.86. The number of likely N-dealkylation sites (tertiary alicyclic amines) is 2. The van der Waals surface area contributed by atoms with Gasteiger partial charge in [0, 0.05) is 19.5 Å². The van der Waals surface area contributed by atoms with Crippen LogP contribution in [0.1, 0.15) is 38.9 Å². The summed E-state index contributed by atoms with van der Waals surface area (Å²) in [5.74, 6) is -0.248. The van der Waals surface area contributed by atoms with Gasteiger partial charge in [0.15, 0.2) is 0 Å². The lowest BCUT2D eigenvalue weighted by atomic mass is 10.1. The molecular formula is C18H24N2O5. The van der Waals surface area contributed by atoms with E-state index in [2.05, 4.69) is 0 Å². The Hall–Kier alpha value is -2.31. The van der Waals surface area contributed by atoms with Crippen LogP contribution in [-0.2, 0) is 25.7 Å². The maximum absolute atomic E-state index is 12.9. The first-order chi connectivity index (χ1) is 12.0. The standard InChI is InChI=1S/C18H24N2O5/c1-12(2)25-18(23)15-6-3-7-20(15)17(22)13-9-16(21)19(10-13)11-14-5-4-8-24-14/h4-5,8,12-13,15H,3,6-7,9-11H2,1-2H3/t13-,15-/m0/s1. The molecule has 2 amide bonds. The predicted molar refractivity (Wildman–Crippen MR) is 88.2 cm³/mol. The summed E-state index contributed by atoms with van der Waals surface area (Å²) in [5.41, 5.74) is 0. The predicted octanol–water partition coefficient (Wildman–Crippen LogP) is 1.57. The minimum atomic E-state index is -0.524. The number of rotatable bonds is 5. The fourth-order valence-electron chi connectivity index (χ4n) is 3.50. The highest BCUT2D eigenvalue weighted by Crippen LogP contribution is 2.27. The second kappa shape index (κ2) is 7.29. The topological polar surface area (TPSA) is 80.1 Å². The zero-order valence-corrected chi connectivity index (χ0v) is 14.6. The molecule has 7 heteroatoms. The molecule has 2 fully saturated rings. The minimum absolute atomic E-state index is 0.0600. The summed E-state index contributed by atoms with van der Waals surface area (Å²) in [7, 11) is 0. The summed E-state index contributed by atoms with van der Waals surface area (Å²) in [4.78, 5) is 40.5. The van der Waals surface area contributed by atoms with E-state index in [0.29, 0.717) is 31.8 Å². The van der Waals surface area contributed by atoms with Crippen LogP contribution in [0.2, 0.25) is 0 Å². The molecule has 0 bridgehead atoms. The molecule has 0 unspecified atom stereocenters. The molecule has 0 radical (unpaired) electrons. The fraction of sp³-hybridized carbons (Fsp3) is 0.611. The van der Waals surface area contributed by atoms with E-state index < -0.39 is 12.0 Å². The summed E-state index contributed by atoms with van der Waals surface area (Å²) in [6.45, 7) is 4.86. The summed E-state index contributed by atoms with van der Waals surface area (Å²) < 4.78 is 10.5. The van der Waals surface area contributed by atoms with Crippen molar-refractivity contribution in [3.05, 3.63) is 24.2 Å². The average Bonchev–Trinajstić information content (AvgIpc) is 3.28. The van der Waals surface area contributed by atoms with E-state index in [1.807, 2.05) is 0 Å². The Kier molecular flexibility index (Phi) is 5.11. The van der Waals surface area contributed by atoms with Gasteiger partial charge in [0.25, 0.3) is 0 Å². The molecule has 136 valence electrons. The van der Waals surface area contributed by atoms with Gasteiger partial charge >= 0.3 is 5.97 Å². The van der Waals surface area contributed by atoms with Crippen LogP contribution in [-0.4, -0.2) is 52.8 Å². The van der Waals surface area contributed by atoms with Crippen molar-refractivity contribution in [1.29, 1.82) is 0 Å². The summed E-state index contributed by atoms with van der Waals surface area (Å²) in [5, 5.41) is 0. The first-order valence-electron chi connectivity index (χ1n) is 8.77. The van der Waals surface area contributed by atoms with Crippen LogP contribution in [0.25, 0.3) is 0 Å². The molecule has 1 aromatic heterocycles. The number of esters is 1. The van der Waals surface area contributed by atoms with Crippen LogP contribution in [0.4, 0.5) is 0 Å². The van der Waals surface area contributed by atoms with Crippen molar-refractivity contribution in [2.45, 2.75) is 51.8 Å². The fourth-order valence-corrected chi connectivity index (χ4v) is 3.50. The number of ether oxygens (including phenoxy) is 1. The molecular weight excluding hydrogens is 324 g/mol. The Labute approximate surface area is 146 Å². The van der Waals surface area contributed by atoms with Gasteiger partial charge in [-0.2, -0.15) is 0 Å². The van der Waals surface area contributed by atoms with E-state index in [4.69, 9.17) is 9.15 Å². The number of carbonyl (C=O) groups is 3. The quantitative estimate of drug-likeness (QED) is 0.755. The molecule has 25 heavy (non-hydrogen) atoms. The Morgan fingerprint density at radius 2 is 2.20 bits per heavy atom. The van der Waals surface area contributed by atoms with Gasteiger partial charge in [-0.1, -0.05) is 0 Å². The Balaban J connectivity index is 1.62. The molecule has 1 aromatic rings. The Morgan fingerprint density at radius 3 is 2.88 bits per heavy atom. The maximum atomic E-state index is 12.9. The number of hydrogen-bond donors (Lipinski definition) is 0. The number of furan rings is 1. The lowest BCUT2D eigenvalue weighted by molar-refractivity contribution is -0.157. The van der Waals surface area contributed by atoms with E-state index in [1.165, 1.54) is 0 Å². The van der Waals surface area contributed by atoms with Gasteiger partial charge in [-0.3, -0.25) is 9.59 Å². The van der Waals surface area contributed by atoms with Crippen LogP contribution in [0.3, 0.4) is 0 Å². The first kappa shape index (κ1) is 17.5. The van der Waals surface area contributed by atoms with Crippen molar-refractivity contribution in [2.75, 3.05) is 13.1 Å². The molecule has 3 heterocycles. The van der Waals surface area contributed by atoms with Crippen LogP contribution in [0.15, 0.2) is 22.8 Å². The number of amides is 2. The molecule has 7 nitrogen and oxygen atoms in total. The van der Waals surface area contributed by atoms with Crippen LogP contribution in [0, 0.1) is 5.92 Å². The van der Waals surface area contributed by atoms with Crippen molar-refractivity contribution in [2.24, 2.45) is 5.92 Å². The van der Waals surface area contributed by atoms with Gasteiger partial charge < -0.3 is 19.0 Å². The monoisotopic (exact) mass is 348 g/mol. The smallest absolute Gasteiger partial charge is 0.329 e. The van der Waals surface area contributed by atoms with Crippen molar-refractivity contribution in [3.8, 4) is 0 Å². The van der Waals surface area contributed by atoms with E-state index in [9.17, 15) is 14.4 Å². The highest BCUT2D eigenvalue weighted by Gasteiger charge is 2.42. The zero-order valence-electron chi connectivity index (χ0n) is 14.6. The zero-order chi connectivity index (χ0) is 18.0. The molecule has 0 aliphatic carbocycles. The van der Waals surface area contributed by atoms with E-state index in [1.54, 1.807) is 42.0 Å². The van der Waals surface area contributed by atoms with Gasteiger partial charge in [-0.25, -0.2) is 4.79 Å². The number of carbonyl (C=O) groups excluding carboxylic acids is 3. The Morgan fingerprint density at radius 1 is 1.40 bits per heavy atom. The molecule has 2 atom stereocenters. The highest BCUT2D eigenvalue weighted by molar-refractivity contribution is 5.92. The second-order valence-corrected chi connectivity index (χ2v) is 6.93. The molecule has 0 saturated carbocycles.